The Hall–Kier alpha value is -2.41. The highest BCUT2D eigenvalue weighted by atomic mass is 16.5. The summed E-state index contributed by atoms with van der Waals surface area (Å²) >= 11 is 0. The number of benzene rings is 1. The highest BCUT2D eigenvalue weighted by Gasteiger charge is 2.35. The summed E-state index contributed by atoms with van der Waals surface area (Å²) in [5.41, 5.74) is 2.15. The SMILES string of the molecule is CCCCCCCc1cnc(-c2ccc(OCC3CCC(C#N)(CCCCCCC)CC3)cc2)nc1. The Morgan fingerprint density at radius 3 is 2.08 bits per heavy atom. The van der Waals surface area contributed by atoms with Crippen LogP contribution in [0.4, 0.5) is 0 Å². The zero-order valence-electron chi connectivity index (χ0n) is 22.8. The molecular formula is C32H47N3O. The minimum atomic E-state index is -0.0883. The third kappa shape index (κ3) is 9.23. The van der Waals surface area contributed by atoms with Crippen molar-refractivity contribution in [2.24, 2.45) is 11.3 Å². The van der Waals surface area contributed by atoms with Gasteiger partial charge in [-0.25, -0.2) is 9.97 Å². The molecule has 0 spiro atoms. The van der Waals surface area contributed by atoms with Crippen molar-refractivity contribution in [1.29, 1.82) is 5.26 Å². The maximum Gasteiger partial charge on any atom is 0.159 e. The summed E-state index contributed by atoms with van der Waals surface area (Å²) < 4.78 is 6.13. The van der Waals surface area contributed by atoms with Crippen molar-refractivity contribution in [1.82, 2.24) is 9.97 Å². The number of aryl methyl sites for hydroxylation is 1. The van der Waals surface area contributed by atoms with Crippen LogP contribution >= 0.6 is 0 Å². The zero-order chi connectivity index (χ0) is 25.5. The fourth-order valence-corrected chi connectivity index (χ4v) is 5.36. The Balaban J connectivity index is 1.39. The molecule has 1 saturated carbocycles. The fourth-order valence-electron chi connectivity index (χ4n) is 5.36. The molecule has 0 amide bonds. The van der Waals surface area contributed by atoms with E-state index < -0.39 is 0 Å². The topological polar surface area (TPSA) is 58.8 Å². The summed E-state index contributed by atoms with van der Waals surface area (Å²) in [6.07, 6.45) is 23.1. The maximum atomic E-state index is 9.85. The summed E-state index contributed by atoms with van der Waals surface area (Å²) in [7, 11) is 0. The summed E-state index contributed by atoms with van der Waals surface area (Å²) in [5.74, 6) is 2.21. The first-order chi connectivity index (χ1) is 17.7. The summed E-state index contributed by atoms with van der Waals surface area (Å²) in [5, 5.41) is 9.85. The summed E-state index contributed by atoms with van der Waals surface area (Å²) in [6, 6.07) is 10.8. The molecule has 4 nitrogen and oxygen atoms in total. The molecule has 0 unspecified atom stereocenters. The third-order valence-corrected chi connectivity index (χ3v) is 7.93. The molecule has 1 aromatic heterocycles. The van der Waals surface area contributed by atoms with Crippen molar-refractivity contribution >= 4 is 0 Å². The Morgan fingerprint density at radius 1 is 0.861 bits per heavy atom. The van der Waals surface area contributed by atoms with Gasteiger partial charge in [-0.2, -0.15) is 5.26 Å². The monoisotopic (exact) mass is 489 g/mol. The van der Waals surface area contributed by atoms with Gasteiger partial charge in [-0.05, 0) is 80.7 Å². The van der Waals surface area contributed by atoms with E-state index in [2.05, 4.69) is 42.0 Å². The molecule has 1 aromatic carbocycles. The Labute approximate surface area is 219 Å². The van der Waals surface area contributed by atoms with Gasteiger partial charge in [-0.3, -0.25) is 0 Å². The van der Waals surface area contributed by atoms with Crippen molar-refractivity contribution in [3.63, 3.8) is 0 Å². The Bertz CT molecular complexity index is 892. The number of hydrogen-bond acceptors (Lipinski definition) is 4. The Morgan fingerprint density at radius 2 is 1.47 bits per heavy atom. The molecular weight excluding hydrogens is 442 g/mol. The second-order valence-corrected chi connectivity index (χ2v) is 10.9. The van der Waals surface area contributed by atoms with Crippen LogP contribution in [-0.2, 0) is 6.42 Å². The predicted molar refractivity (Wildman–Crippen MR) is 149 cm³/mol. The number of rotatable bonds is 16. The average Bonchev–Trinajstić information content (AvgIpc) is 2.93. The van der Waals surface area contributed by atoms with Gasteiger partial charge >= 0.3 is 0 Å². The van der Waals surface area contributed by atoms with Gasteiger partial charge in [0.05, 0.1) is 18.1 Å². The molecule has 0 bridgehead atoms. The molecule has 3 rings (SSSR count). The minimum absolute atomic E-state index is 0.0883. The lowest BCUT2D eigenvalue weighted by molar-refractivity contribution is 0.144. The van der Waals surface area contributed by atoms with E-state index in [1.807, 2.05) is 24.5 Å². The molecule has 0 N–H and O–H groups in total. The first-order valence-electron chi connectivity index (χ1n) is 14.6. The standard InChI is InChI=1S/C32H47N3O/c1-3-5-7-9-11-13-28-23-34-31(35-24-28)29-14-16-30(17-15-29)36-25-27-18-21-32(26-33,22-19-27)20-12-10-8-6-4-2/h14-17,23-24,27H,3-13,18-22,25H2,1-2H3. The lowest BCUT2D eigenvalue weighted by Crippen LogP contribution is -2.28. The van der Waals surface area contributed by atoms with E-state index in [1.165, 1.54) is 69.8 Å². The quantitative estimate of drug-likeness (QED) is 0.221. The molecule has 0 saturated heterocycles. The van der Waals surface area contributed by atoms with Gasteiger partial charge in [0.2, 0.25) is 0 Å². The third-order valence-electron chi connectivity index (χ3n) is 7.93. The van der Waals surface area contributed by atoms with Gasteiger partial charge in [-0.15, -0.1) is 0 Å². The van der Waals surface area contributed by atoms with E-state index in [4.69, 9.17) is 4.74 Å². The number of unbranched alkanes of at least 4 members (excludes halogenated alkanes) is 8. The Kier molecular flexibility index (Phi) is 12.2. The van der Waals surface area contributed by atoms with Crippen LogP contribution in [0.2, 0.25) is 0 Å². The number of nitriles is 1. The minimum Gasteiger partial charge on any atom is -0.493 e. The predicted octanol–water partition coefficient (Wildman–Crippen LogP) is 9.10. The van der Waals surface area contributed by atoms with E-state index in [-0.39, 0.29) is 5.41 Å². The van der Waals surface area contributed by atoms with Crippen molar-refractivity contribution < 1.29 is 4.74 Å². The van der Waals surface area contributed by atoms with E-state index >= 15 is 0 Å². The van der Waals surface area contributed by atoms with E-state index in [9.17, 15) is 5.26 Å². The fraction of sp³-hybridized carbons (Fsp3) is 0.656. The molecule has 0 atom stereocenters. The molecule has 36 heavy (non-hydrogen) atoms. The molecule has 0 aliphatic heterocycles. The van der Waals surface area contributed by atoms with Crippen LogP contribution in [-0.4, -0.2) is 16.6 Å². The van der Waals surface area contributed by atoms with E-state index in [1.54, 1.807) is 0 Å². The second-order valence-electron chi connectivity index (χ2n) is 10.9. The average molecular weight is 490 g/mol. The lowest BCUT2D eigenvalue weighted by Gasteiger charge is -2.35. The maximum absolute atomic E-state index is 9.85. The molecule has 1 aliphatic rings. The molecule has 2 aromatic rings. The molecule has 196 valence electrons. The van der Waals surface area contributed by atoms with E-state index in [0.717, 1.165) is 62.3 Å². The van der Waals surface area contributed by atoms with Crippen LogP contribution < -0.4 is 4.74 Å². The normalized spacial score (nSPS) is 19.6. The van der Waals surface area contributed by atoms with Gasteiger partial charge < -0.3 is 4.74 Å². The van der Waals surface area contributed by atoms with Gasteiger partial charge in [0, 0.05) is 18.0 Å². The van der Waals surface area contributed by atoms with Crippen LogP contribution in [0.5, 0.6) is 5.75 Å². The van der Waals surface area contributed by atoms with Crippen LogP contribution in [0.1, 0.15) is 116 Å². The van der Waals surface area contributed by atoms with Crippen LogP contribution in [0.25, 0.3) is 11.4 Å². The first-order valence-corrected chi connectivity index (χ1v) is 14.6. The highest BCUT2D eigenvalue weighted by molar-refractivity contribution is 5.55. The second kappa shape index (κ2) is 15.6. The first kappa shape index (κ1) is 28.2. The van der Waals surface area contributed by atoms with Crippen LogP contribution in [0.3, 0.4) is 0 Å². The van der Waals surface area contributed by atoms with E-state index in [0.29, 0.717) is 5.92 Å². The van der Waals surface area contributed by atoms with Gasteiger partial charge in [0.15, 0.2) is 5.82 Å². The molecule has 4 heteroatoms. The summed E-state index contributed by atoms with van der Waals surface area (Å²) in [6.45, 7) is 5.23. The highest BCUT2D eigenvalue weighted by Crippen LogP contribution is 2.42. The molecule has 1 heterocycles. The van der Waals surface area contributed by atoms with Crippen molar-refractivity contribution in [3.05, 3.63) is 42.2 Å². The van der Waals surface area contributed by atoms with Gasteiger partial charge in [0.25, 0.3) is 0 Å². The van der Waals surface area contributed by atoms with Gasteiger partial charge in [0.1, 0.15) is 5.75 Å². The van der Waals surface area contributed by atoms with Crippen LogP contribution in [0, 0.1) is 22.7 Å². The van der Waals surface area contributed by atoms with Gasteiger partial charge in [-0.1, -0.05) is 71.6 Å². The molecule has 1 fully saturated rings. The largest absolute Gasteiger partial charge is 0.493 e. The zero-order valence-corrected chi connectivity index (χ0v) is 22.8. The number of nitrogens with zero attached hydrogens (tertiary/aromatic N) is 3. The molecule has 0 radical (unpaired) electrons. The van der Waals surface area contributed by atoms with Crippen molar-refractivity contribution in [2.75, 3.05) is 6.61 Å². The van der Waals surface area contributed by atoms with Crippen molar-refractivity contribution in [2.45, 2.75) is 117 Å². The number of hydrogen-bond donors (Lipinski definition) is 0. The smallest absolute Gasteiger partial charge is 0.159 e. The summed E-state index contributed by atoms with van der Waals surface area (Å²) in [4.78, 5) is 9.18. The van der Waals surface area contributed by atoms with Crippen molar-refractivity contribution in [3.8, 4) is 23.2 Å². The van der Waals surface area contributed by atoms with Crippen LogP contribution in [0.15, 0.2) is 36.7 Å². The molecule has 1 aliphatic carbocycles. The lowest BCUT2D eigenvalue weighted by atomic mass is 9.69. The number of ether oxygens (including phenoxy) is 1. The number of aromatic nitrogens is 2.